The van der Waals surface area contributed by atoms with Crippen LogP contribution < -0.4 is 10.6 Å². The highest BCUT2D eigenvalue weighted by Crippen LogP contribution is 2.23. The van der Waals surface area contributed by atoms with E-state index in [1.165, 1.54) is 12.8 Å². The van der Waals surface area contributed by atoms with E-state index in [0.717, 1.165) is 22.1 Å². The van der Waals surface area contributed by atoms with Crippen LogP contribution in [-0.2, 0) is 4.79 Å². The molecular weight excluding hydrogens is 375 g/mol. The highest BCUT2D eigenvalue weighted by molar-refractivity contribution is 14.1. The molecule has 0 spiro atoms. The second kappa shape index (κ2) is 6.79. The topological polar surface area (TPSA) is 41.1 Å². The molecule has 0 aromatic heterocycles. The summed E-state index contributed by atoms with van der Waals surface area (Å²) in [5.74, 6) is 0.0673. The van der Waals surface area contributed by atoms with Crippen molar-refractivity contribution in [2.24, 2.45) is 0 Å². The van der Waals surface area contributed by atoms with E-state index >= 15 is 0 Å². The lowest BCUT2D eigenvalue weighted by Crippen LogP contribution is -2.42. The Morgan fingerprint density at radius 2 is 2.11 bits per heavy atom. The van der Waals surface area contributed by atoms with Crippen molar-refractivity contribution in [2.75, 3.05) is 5.32 Å². The maximum atomic E-state index is 12.1. The molecule has 1 aliphatic rings. The van der Waals surface area contributed by atoms with Crippen molar-refractivity contribution >= 4 is 45.8 Å². The van der Waals surface area contributed by atoms with Crippen LogP contribution in [0.15, 0.2) is 18.2 Å². The third-order valence-corrected chi connectivity index (χ3v) is 4.53. The van der Waals surface area contributed by atoms with Crippen molar-refractivity contribution in [3.8, 4) is 0 Å². The Balaban J connectivity index is 1.92. The van der Waals surface area contributed by atoms with Gasteiger partial charge in [-0.2, -0.15) is 0 Å². The molecule has 2 rings (SSSR count). The largest absolute Gasteiger partial charge is 0.373 e. The van der Waals surface area contributed by atoms with Crippen LogP contribution in [-0.4, -0.2) is 18.0 Å². The second-order valence-electron chi connectivity index (χ2n) is 4.98. The van der Waals surface area contributed by atoms with E-state index in [-0.39, 0.29) is 11.9 Å². The number of carbonyl (C=O) groups excluding carboxylic acids is 1. The van der Waals surface area contributed by atoms with E-state index in [2.05, 4.69) is 33.2 Å². The molecule has 19 heavy (non-hydrogen) atoms. The normalized spacial score (nSPS) is 17.2. The molecule has 0 radical (unpaired) electrons. The van der Waals surface area contributed by atoms with E-state index in [4.69, 9.17) is 11.6 Å². The Kier molecular flexibility index (Phi) is 5.33. The van der Waals surface area contributed by atoms with Crippen molar-refractivity contribution in [2.45, 2.75) is 44.7 Å². The number of amides is 1. The average Bonchev–Trinajstić information content (AvgIpc) is 2.85. The first kappa shape index (κ1) is 14.9. The standard InChI is InChI=1S/C14H18ClIN2O/c1-9(14(19)18-11-4-2-3-5-11)17-13-7-6-10(15)8-12(13)16/h6-9,11,17H,2-5H2,1H3,(H,18,19). The summed E-state index contributed by atoms with van der Waals surface area (Å²) >= 11 is 8.13. The zero-order valence-electron chi connectivity index (χ0n) is 10.9. The molecule has 1 amide bonds. The lowest BCUT2D eigenvalue weighted by Gasteiger charge is -2.19. The summed E-state index contributed by atoms with van der Waals surface area (Å²) < 4.78 is 1.02. The van der Waals surface area contributed by atoms with Gasteiger partial charge in [0.2, 0.25) is 5.91 Å². The monoisotopic (exact) mass is 392 g/mol. The first-order chi connectivity index (χ1) is 9.06. The molecule has 3 nitrogen and oxygen atoms in total. The fourth-order valence-corrected chi connectivity index (χ4v) is 3.33. The molecule has 0 saturated heterocycles. The van der Waals surface area contributed by atoms with Crippen molar-refractivity contribution in [1.82, 2.24) is 5.32 Å². The number of rotatable bonds is 4. The van der Waals surface area contributed by atoms with Crippen molar-refractivity contribution in [3.05, 3.63) is 26.8 Å². The summed E-state index contributed by atoms with van der Waals surface area (Å²) in [7, 11) is 0. The summed E-state index contributed by atoms with van der Waals surface area (Å²) in [6.07, 6.45) is 4.66. The maximum Gasteiger partial charge on any atom is 0.242 e. The molecule has 0 bridgehead atoms. The minimum Gasteiger partial charge on any atom is -0.373 e. The molecule has 1 saturated carbocycles. The van der Waals surface area contributed by atoms with Gasteiger partial charge in [-0.15, -0.1) is 0 Å². The zero-order chi connectivity index (χ0) is 13.8. The van der Waals surface area contributed by atoms with Crippen LogP contribution in [0.5, 0.6) is 0 Å². The van der Waals surface area contributed by atoms with Gasteiger partial charge in [-0.1, -0.05) is 24.4 Å². The molecule has 5 heteroatoms. The van der Waals surface area contributed by atoms with Gasteiger partial charge in [0, 0.05) is 20.3 Å². The minimum atomic E-state index is -0.240. The third-order valence-electron chi connectivity index (χ3n) is 3.40. The highest BCUT2D eigenvalue weighted by Gasteiger charge is 2.20. The lowest BCUT2D eigenvalue weighted by molar-refractivity contribution is -0.122. The SMILES string of the molecule is CC(Nc1ccc(Cl)cc1I)C(=O)NC1CCCC1. The number of halogens is 2. The summed E-state index contributed by atoms with van der Waals surface area (Å²) in [5, 5.41) is 7.04. The smallest absolute Gasteiger partial charge is 0.242 e. The van der Waals surface area contributed by atoms with Gasteiger partial charge in [0.1, 0.15) is 6.04 Å². The van der Waals surface area contributed by atoms with Gasteiger partial charge in [-0.3, -0.25) is 4.79 Å². The van der Waals surface area contributed by atoms with Crippen LogP contribution in [0.25, 0.3) is 0 Å². The van der Waals surface area contributed by atoms with Crippen molar-refractivity contribution < 1.29 is 4.79 Å². The fraction of sp³-hybridized carbons (Fsp3) is 0.500. The van der Waals surface area contributed by atoms with Gasteiger partial charge >= 0.3 is 0 Å². The summed E-state index contributed by atoms with van der Waals surface area (Å²) in [5.41, 5.74) is 0.944. The van der Waals surface area contributed by atoms with E-state index in [1.807, 2.05) is 25.1 Å². The number of hydrogen-bond donors (Lipinski definition) is 2. The molecule has 0 aliphatic heterocycles. The average molecular weight is 393 g/mol. The van der Waals surface area contributed by atoms with Crippen LogP contribution >= 0.6 is 34.2 Å². The van der Waals surface area contributed by atoms with Gasteiger partial charge in [-0.25, -0.2) is 0 Å². The number of carbonyl (C=O) groups is 1. The van der Waals surface area contributed by atoms with Crippen LogP contribution in [0.2, 0.25) is 5.02 Å². The van der Waals surface area contributed by atoms with E-state index in [0.29, 0.717) is 11.1 Å². The van der Waals surface area contributed by atoms with Gasteiger partial charge in [0.05, 0.1) is 0 Å². The number of nitrogens with one attached hydrogen (secondary N) is 2. The maximum absolute atomic E-state index is 12.1. The molecule has 0 heterocycles. The van der Waals surface area contributed by atoms with Gasteiger partial charge in [0.15, 0.2) is 0 Å². The number of benzene rings is 1. The lowest BCUT2D eigenvalue weighted by atomic mass is 10.2. The van der Waals surface area contributed by atoms with Gasteiger partial charge in [0.25, 0.3) is 0 Å². The first-order valence-corrected chi connectivity index (χ1v) is 8.04. The summed E-state index contributed by atoms with van der Waals surface area (Å²) in [6, 6.07) is 5.74. The Morgan fingerprint density at radius 1 is 1.42 bits per heavy atom. The van der Waals surface area contributed by atoms with Crippen LogP contribution in [0, 0.1) is 3.57 Å². The fourth-order valence-electron chi connectivity index (χ4n) is 2.30. The van der Waals surface area contributed by atoms with Gasteiger partial charge in [-0.05, 0) is 60.6 Å². The van der Waals surface area contributed by atoms with E-state index < -0.39 is 0 Å². The number of hydrogen-bond acceptors (Lipinski definition) is 2. The predicted octanol–water partition coefficient (Wildman–Crippen LogP) is 3.80. The molecule has 1 unspecified atom stereocenters. The first-order valence-electron chi connectivity index (χ1n) is 6.58. The Hall–Kier alpha value is -0.490. The molecule has 1 aliphatic carbocycles. The molecule has 1 fully saturated rings. The third kappa shape index (κ3) is 4.24. The molecular formula is C14H18ClIN2O. The van der Waals surface area contributed by atoms with Crippen LogP contribution in [0.1, 0.15) is 32.6 Å². The second-order valence-corrected chi connectivity index (χ2v) is 6.58. The minimum absolute atomic E-state index is 0.0673. The van der Waals surface area contributed by atoms with E-state index in [9.17, 15) is 4.79 Å². The highest BCUT2D eigenvalue weighted by atomic mass is 127. The van der Waals surface area contributed by atoms with Crippen LogP contribution in [0.4, 0.5) is 5.69 Å². The molecule has 104 valence electrons. The molecule has 2 N–H and O–H groups in total. The Morgan fingerprint density at radius 3 is 2.74 bits per heavy atom. The van der Waals surface area contributed by atoms with Crippen molar-refractivity contribution in [3.63, 3.8) is 0 Å². The summed E-state index contributed by atoms with van der Waals surface area (Å²) in [6.45, 7) is 1.88. The number of anilines is 1. The predicted molar refractivity (Wildman–Crippen MR) is 87.7 cm³/mol. The van der Waals surface area contributed by atoms with Crippen molar-refractivity contribution in [1.29, 1.82) is 0 Å². The molecule has 1 aromatic rings. The van der Waals surface area contributed by atoms with Crippen LogP contribution in [0.3, 0.4) is 0 Å². The zero-order valence-corrected chi connectivity index (χ0v) is 13.8. The molecule has 1 atom stereocenters. The van der Waals surface area contributed by atoms with E-state index in [1.54, 1.807) is 0 Å². The van der Waals surface area contributed by atoms with Gasteiger partial charge < -0.3 is 10.6 Å². The Bertz CT molecular complexity index is 461. The molecule has 1 aromatic carbocycles. The quantitative estimate of drug-likeness (QED) is 0.765. The Labute approximate surface area is 132 Å². The summed E-state index contributed by atoms with van der Waals surface area (Å²) in [4.78, 5) is 12.1.